The van der Waals surface area contributed by atoms with Gasteiger partial charge in [-0.05, 0) is 61.7 Å². The van der Waals surface area contributed by atoms with Crippen LogP contribution in [0.15, 0.2) is 48.6 Å². The number of likely N-dealkylation sites (N-methyl/N-ethyl adjacent to an activating group) is 1. The number of allylic oxidation sites excluding steroid dienone is 1. The van der Waals surface area contributed by atoms with Crippen LogP contribution in [0.4, 0.5) is 5.69 Å². The molecular weight excluding hydrogens is 402 g/mol. The van der Waals surface area contributed by atoms with Crippen molar-refractivity contribution in [2.24, 2.45) is 0 Å². The SMILES string of the molecule is CN1CCN(c2cc(Cl)cc(C(=O)/C=C/c3cccc(/C=C/C(=O)CO)n3)c2)CC1. The smallest absolute Gasteiger partial charge is 0.186 e. The van der Waals surface area contributed by atoms with Crippen molar-refractivity contribution in [3.8, 4) is 0 Å². The van der Waals surface area contributed by atoms with Crippen molar-refractivity contribution >= 4 is 41.0 Å². The first-order valence-electron chi connectivity index (χ1n) is 9.70. The lowest BCUT2D eigenvalue weighted by Gasteiger charge is -2.34. The Kier molecular flexibility index (Phi) is 7.52. The number of rotatable bonds is 7. The zero-order valence-corrected chi connectivity index (χ0v) is 17.5. The third-order valence-corrected chi connectivity index (χ3v) is 5.05. The number of carbonyl (C=O) groups excluding carboxylic acids is 2. The maximum atomic E-state index is 12.7. The summed E-state index contributed by atoms with van der Waals surface area (Å²) in [7, 11) is 2.10. The lowest BCUT2D eigenvalue weighted by molar-refractivity contribution is -0.117. The van der Waals surface area contributed by atoms with Crippen molar-refractivity contribution in [2.45, 2.75) is 0 Å². The van der Waals surface area contributed by atoms with E-state index >= 15 is 0 Å². The second-order valence-electron chi connectivity index (χ2n) is 7.13. The first-order valence-corrected chi connectivity index (χ1v) is 10.1. The maximum Gasteiger partial charge on any atom is 0.186 e. The molecule has 1 saturated heterocycles. The summed E-state index contributed by atoms with van der Waals surface area (Å²) in [6, 6.07) is 10.7. The Balaban J connectivity index is 1.73. The molecule has 1 aromatic carbocycles. The molecule has 1 aliphatic heterocycles. The second kappa shape index (κ2) is 10.3. The van der Waals surface area contributed by atoms with Crippen molar-refractivity contribution in [3.05, 3.63) is 70.5 Å². The number of ketones is 2. The van der Waals surface area contributed by atoms with Gasteiger partial charge in [0.1, 0.15) is 6.61 Å². The van der Waals surface area contributed by atoms with Crippen molar-refractivity contribution in [1.82, 2.24) is 9.88 Å². The van der Waals surface area contributed by atoms with E-state index in [9.17, 15) is 9.59 Å². The Bertz CT molecular complexity index is 979. The number of halogens is 1. The van der Waals surface area contributed by atoms with Crippen LogP contribution in [0.3, 0.4) is 0 Å². The number of aliphatic hydroxyl groups excluding tert-OH is 1. The summed E-state index contributed by atoms with van der Waals surface area (Å²) in [6.07, 6.45) is 5.89. The molecule has 0 bridgehead atoms. The van der Waals surface area contributed by atoms with Gasteiger partial charge in [0.25, 0.3) is 0 Å². The number of carbonyl (C=O) groups is 2. The molecule has 2 aromatic rings. The standard InChI is InChI=1S/C23H24ClN3O3/c1-26-9-11-27(12-10-26)21-14-17(13-18(24)15-21)23(30)8-6-20-4-2-3-19(25-20)5-7-22(29)16-28/h2-8,13-15,28H,9-12,16H2,1H3/b7-5+,8-6+. The van der Waals surface area contributed by atoms with Gasteiger partial charge in [0.15, 0.2) is 11.6 Å². The molecule has 7 heteroatoms. The van der Waals surface area contributed by atoms with Gasteiger partial charge >= 0.3 is 0 Å². The molecule has 0 saturated carbocycles. The monoisotopic (exact) mass is 425 g/mol. The van der Waals surface area contributed by atoms with Crippen LogP contribution in [0.25, 0.3) is 12.2 Å². The number of aliphatic hydroxyl groups is 1. The average molecular weight is 426 g/mol. The molecule has 0 aliphatic carbocycles. The molecule has 0 unspecified atom stereocenters. The molecule has 1 N–H and O–H groups in total. The lowest BCUT2D eigenvalue weighted by atomic mass is 10.1. The molecule has 0 spiro atoms. The number of piperazine rings is 1. The first-order chi connectivity index (χ1) is 14.4. The first kappa shape index (κ1) is 21.9. The predicted molar refractivity (Wildman–Crippen MR) is 120 cm³/mol. The van der Waals surface area contributed by atoms with Crippen LogP contribution in [0.2, 0.25) is 5.02 Å². The highest BCUT2D eigenvalue weighted by atomic mass is 35.5. The normalized spacial score (nSPS) is 15.2. The fourth-order valence-corrected chi connectivity index (χ4v) is 3.34. The highest BCUT2D eigenvalue weighted by Gasteiger charge is 2.16. The summed E-state index contributed by atoms with van der Waals surface area (Å²) in [5.41, 5.74) is 2.62. The molecule has 2 heterocycles. The molecule has 3 rings (SSSR count). The molecule has 6 nitrogen and oxygen atoms in total. The van der Waals surface area contributed by atoms with E-state index in [2.05, 4.69) is 21.8 Å². The predicted octanol–water partition coefficient (Wildman–Crippen LogP) is 2.96. The zero-order chi connectivity index (χ0) is 21.5. The van der Waals surface area contributed by atoms with Gasteiger partial charge in [0.05, 0.1) is 11.4 Å². The van der Waals surface area contributed by atoms with E-state index in [0.29, 0.717) is 22.0 Å². The van der Waals surface area contributed by atoms with Gasteiger partial charge in [-0.2, -0.15) is 0 Å². The highest BCUT2D eigenvalue weighted by Crippen LogP contribution is 2.24. The molecule has 0 radical (unpaired) electrons. The van der Waals surface area contributed by atoms with Gasteiger partial charge in [0.2, 0.25) is 0 Å². The topological polar surface area (TPSA) is 73.7 Å². The minimum Gasteiger partial charge on any atom is -0.388 e. The highest BCUT2D eigenvalue weighted by molar-refractivity contribution is 6.31. The van der Waals surface area contributed by atoms with Crippen molar-refractivity contribution < 1.29 is 14.7 Å². The van der Waals surface area contributed by atoms with Crippen LogP contribution in [-0.2, 0) is 4.79 Å². The van der Waals surface area contributed by atoms with Gasteiger partial charge in [-0.3, -0.25) is 9.59 Å². The summed E-state index contributed by atoms with van der Waals surface area (Å²) >= 11 is 6.27. The van der Waals surface area contributed by atoms with E-state index < -0.39 is 12.4 Å². The molecule has 1 fully saturated rings. The van der Waals surface area contributed by atoms with E-state index in [4.69, 9.17) is 16.7 Å². The zero-order valence-electron chi connectivity index (χ0n) is 16.8. The molecule has 30 heavy (non-hydrogen) atoms. The molecule has 0 atom stereocenters. The Labute approximate surface area is 181 Å². The lowest BCUT2D eigenvalue weighted by Crippen LogP contribution is -2.44. The minimum absolute atomic E-state index is 0.161. The van der Waals surface area contributed by atoms with E-state index in [0.717, 1.165) is 31.9 Å². The second-order valence-corrected chi connectivity index (χ2v) is 7.57. The van der Waals surface area contributed by atoms with E-state index in [1.165, 1.54) is 18.2 Å². The van der Waals surface area contributed by atoms with Crippen LogP contribution >= 0.6 is 11.6 Å². The number of pyridine rings is 1. The summed E-state index contributed by atoms with van der Waals surface area (Å²) < 4.78 is 0. The summed E-state index contributed by atoms with van der Waals surface area (Å²) in [5, 5.41) is 9.30. The van der Waals surface area contributed by atoms with Gasteiger partial charge < -0.3 is 14.9 Å². The third-order valence-electron chi connectivity index (χ3n) is 4.83. The summed E-state index contributed by atoms with van der Waals surface area (Å²) in [6.45, 7) is 3.18. The number of aromatic nitrogens is 1. The van der Waals surface area contributed by atoms with Crippen LogP contribution in [-0.4, -0.2) is 66.4 Å². The van der Waals surface area contributed by atoms with E-state index in [1.807, 2.05) is 12.1 Å². The van der Waals surface area contributed by atoms with Crippen molar-refractivity contribution in [3.63, 3.8) is 0 Å². The number of benzene rings is 1. The van der Waals surface area contributed by atoms with Gasteiger partial charge in [0, 0.05) is 42.5 Å². The van der Waals surface area contributed by atoms with Crippen LogP contribution < -0.4 is 4.90 Å². The maximum absolute atomic E-state index is 12.7. The molecule has 156 valence electrons. The molecule has 0 amide bonds. The molecular formula is C23H24ClN3O3. The number of nitrogens with zero attached hydrogens (tertiary/aromatic N) is 3. The van der Waals surface area contributed by atoms with Gasteiger partial charge in [-0.1, -0.05) is 17.7 Å². The minimum atomic E-state index is -0.541. The molecule has 1 aromatic heterocycles. The Hall–Kier alpha value is -2.80. The fraction of sp³-hybridized carbons (Fsp3) is 0.261. The largest absolute Gasteiger partial charge is 0.388 e. The van der Waals surface area contributed by atoms with E-state index in [-0.39, 0.29) is 5.78 Å². The average Bonchev–Trinajstić information content (AvgIpc) is 2.76. The van der Waals surface area contributed by atoms with E-state index in [1.54, 1.807) is 30.3 Å². The van der Waals surface area contributed by atoms with Crippen LogP contribution in [0.1, 0.15) is 21.7 Å². The van der Waals surface area contributed by atoms with Crippen molar-refractivity contribution in [2.75, 3.05) is 44.7 Å². The van der Waals surface area contributed by atoms with Crippen molar-refractivity contribution in [1.29, 1.82) is 0 Å². The van der Waals surface area contributed by atoms with Gasteiger partial charge in [-0.25, -0.2) is 4.98 Å². The van der Waals surface area contributed by atoms with Gasteiger partial charge in [-0.15, -0.1) is 0 Å². The van der Waals surface area contributed by atoms with Crippen LogP contribution in [0.5, 0.6) is 0 Å². The Morgan fingerprint density at radius 1 is 1.07 bits per heavy atom. The summed E-state index contributed by atoms with van der Waals surface area (Å²) in [5.74, 6) is -0.559. The third kappa shape index (κ3) is 6.10. The van der Waals surface area contributed by atoms with Crippen LogP contribution in [0, 0.1) is 0 Å². The number of hydrogen-bond acceptors (Lipinski definition) is 6. The summed E-state index contributed by atoms with van der Waals surface area (Å²) in [4.78, 5) is 32.8. The fourth-order valence-electron chi connectivity index (χ4n) is 3.11. The Morgan fingerprint density at radius 2 is 1.73 bits per heavy atom. The molecule has 1 aliphatic rings. The number of hydrogen-bond donors (Lipinski definition) is 1. The Morgan fingerprint density at radius 3 is 2.40 bits per heavy atom. The number of anilines is 1. The quantitative estimate of drug-likeness (QED) is 0.543.